The maximum Gasteiger partial charge on any atom is 0.313 e. The molecule has 0 saturated heterocycles. The number of hydrogen-bond acceptors (Lipinski definition) is 6. The summed E-state index contributed by atoms with van der Waals surface area (Å²) in [6.45, 7) is 4.40. The van der Waals surface area contributed by atoms with Crippen LogP contribution in [0.2, 0.25) is 0 Å². The number of rotatable bonds is 9. The minimum Gasteiger partial charge on any atom is -0.466 e. The smallest absolute Gasteiger partial charge is 0.313 e. The largest absolute Gasteiger partial charge is 0.466 e. The topological polar surface area (TPSA) is 81.7 Å². The summed E-state index contributed by atoms with van der Waals surface area (Å²) < 4.78 is 9.34. The van der Waals surface area contributed by atoms with Crippen molar-refractivity contribution in [3.8, 4) is 0 Å². The lowest BCUT2D eigenvalue weighted by Gasteiger charge is -2.01. The van der Waals surface area contributed by atoms with Crippen molar-refractivity contribution in [1.29, 1.82) is 0 Å². The summed E-state index contributed by atoms with van der Waals surface area (Å²) in [6, 6.07) is 0. The normalized spacial score (nSPS) is 10.1. The Kier molecular flexibility index (Phi) is 9.25. The third-order valence-electron chi connectivity index (χ3n) is 1.79. The molecule has 0 radical (unpaired) electrons. The highest BCUT2D eigenvalue weighted by atomic mass is 16.5. The molecule has 0 aliphatic rings. The van der Waals surface area contributed by atoms with Gasteiger partial charge in [0.25, 0.3) is 0 Å². The molecule has 0 aromatic carbocycles. The van der Waals surface area contributed by atoms with Gasteiger partial charge in [0.05, 0.1) is 19.6 Å². The first-order chi connectivity index (χ1) is 8.60. The number of allylic oxidation sites excluding steroid dienone is 1. The van der Waals surface area contributed by atoms with Gasteiger partial charge in [-0.2, -0.15) is 0 Å². The first kappa shape index (κ1) is 16.1. The molecule has 0 rings (SSSR count). The van der Waals surface area contributed by atoms with E-state index in [2.05, 4.69) is 10.1 Å². The molecule has 0 aliphatic carbocycles. The van der Waals surface area contributed by atoms with Crippen LogP contribution >= 0.6 is 0 Å². The minimum absolute atomic E-state index is 0.226. The number of hydrogen-bond donors (Lipinski definition) is 1. The Morgan fingerprint density at radius 1 is 1.06 bits per heavy atom. The third-order valence-corrected chi connectivity index (χ3v) is 1.79. The van der Waals surface area contributed by atoms with Crippen molar-refractivity contribution in [3.63, 3.8) is 0 Å². The maximum absolute atomic E-state index is 11.2. The van der Waals surface area contributed by atoms with Crippen molar-refractivity contribution in [3.05, 3.63) is 12.3 Å². The van der Waals surface area contributed by atoms with Gasteiger partial charge in [0.2, 0.25) is 0 Å². The van der Waals surface area contributed by atoms with Gasteiger partial charge in [0.15, 0.2) is 5.78 Å². The second-order valence-corrected chi connectivity index (χ2v) is 3.29. The monoisotopic (exact) mass is 257 g/mol. The zero-order valence-corrected chi connectivity index (χ0v) is 10.7. The number of carbonyl (C=O) groups excluding carboxylic acids is 3. The lowest BCUT2D eigenvalue weighted by molar-refractivity contribution is -0.145. The molecule has 0 saturated carbocycles. The fourth-order valence-corrected chi connectivity index (χ4v) is 1.06. The fourth-order valence-electron chi connectivity index (χ4n) is 1.06. The van der Waals surface area contributed by atoms with Crippen LogP contribution in [-0.4, -0.2) is 37.5 Å². The van der Waals surface area contributed by atoms with Crippen molar-refractivity contribution in [2.75, 3.05) is 19.8 Å². The van der Waals surface area contributed by atoms with E-state index in [4.69, 9.17) is 4.74 Å². The molecule has 0 amide bonds. The second kappa shape index (κ2) is 10.3. The zero-order valence-electron chi connectivity index (χ0n) is 10.7. The molecule has 0 bridgehead atoms. The van der Waals surface area contributed by atoms with Crippen molar-refractivity contribution in [1.82, 2.24) is 5.32 Å². The van der Waals surface area contributed by atoms with Gasteiger partial charge in [-0.25, -0.2) is 0 Å². The van der Waals surface area contributed by atoms with Crippen LogP contribution in [0.4, 0.5) is 0 Å². The van der Waals surface area contributed by atoms with Crippen molar-refractivity contribution in [2.24, 2.45) is 0 Å². The summed E-state index contributed by atoms with van der Waals surface area (Å²) in [5.74, 6) is -1.19. The highest BCUT2D eigenvalue weighted by Crippen LogP contribution is 1.90. The standard InChI is InChI=1S/C12H19NO5/c1-3-17-11(15)6-8-13-7-5-10(14)9-12(16)18-4-2/h5,7,13H,3-4,6,8-9H2,1-2H3/b7-5+. The first-order valence-electron chi connectivity index (χ1n) is 5.84. The van der Waals surface area contributed by atoms with E-state index in [1.165, 1.54) is 12.3 Å². The quantitative estimate of drug-likeness (QED) is 0.281. The number of ketones is 1. The summed E-state index contributed by atoms with van der Waals surface area (Å²) in [5.41, 5.74) is 0. The number of carbonyl (C=O) groups is 3. The van der Waals surface area contributed by atoms with Crippen molar-refractivity contribution in [2.45, 2.75) is 26.7 Å². The predicted molar refractivity (Wildman–Crippen MR) is 64.6 cm³/mol. The van der Waals surface area contributed by atoms with Crippen LogP contribution in [0.15, 0.2) is 12.3 Å². The first-order valence-corrected chi connectivity index (χ1v) is 5.84. The molecular formula is C12H19NO5. The molecule has 0 fully saturated rings. The Bertz CT molecular complexity index is 312. The van der Waals surface area contributed by atoms with Crippen LogP contribution in [-0.2, 0) is 23.9 Å². The average molecular weight is 257 g/mol. The Morgan fingerprint density at radius 3 is 2.28 bits per heavy atom. The van der Waals surface area contributed by atoms with Crippen LogP contribution in [0.1, 0.15) is 26.7 Å². The lowest BCUT2D eigenvalue weighted by Crippen LogP contribution is -2.15. The average Bonchev–Trinajstić information content (AvgIpc) is 2.29. The van der Waals surface area contributed by atoms with Gasteiger partial charge < -0.3 is 14.8 Å². The van der Waals surface area contributed by atoms with Gasteiger partial charge in [-0.1, -0.05) is 0 Å². The third kappa shape index (κ3) is 9.38. The molecule has 102 valence electrons. The second-order valence-electron chi connectivity index (χ2n) is 3.29. The Morgan fingerprint density at radius 2 is 1.67 bits per heavy atom. The van der Waals surface area contributed by atoms with Gasteiger partial charge in [-0.3, -0.25) is 14.4 Å². The molecular weight excluding hydrogens is 238 g/mol. The molecule has 0 spiro atoms. The van der Waals surface area contributed by atoms with Crippen molar-refractivity contribution >= 4 is 17.7 Å². The van der Waals surface area contributed by atoms with Crippen LogP contribution in [0.25, 0.3) is 0 Å². The van der Waals surface area contributed by atoms with E-state index in [1.807, 2.05) is 0 Å². The molecule has 0 atom stereocenters. The van der Waals surface area contributed by atoms with E-state index in [-0.39, 0.29) is 31.2 Å². The molecule has 0 unspecified atom stereocenters. The number of ether oxygens (including phenoxy) is 2. The molecule has 1 N–H and O–H groups in total. The molecule has 0 aliphatic heterocycles. The van der Waals surface area contributed by atoms with E-state index in [0.717, 1.165) is 0 Å². The van der Waals surface area contributed by atoms with Gasteiger partial charge in [-0.05, 0) is 26.1 Å². The van der Waals surface area contributed by atoms with Gasteiger partial charge >= 0.3 is 11.9 Å². The Hall–Kier alpha value is -1.85. The van der Waals surface area contributed by atoms with Crippen LogP contribution in [0.3, 0.4) is 0 Å². The number of nitrogens with one attached hydrogen (secondary N) is 1. The fraction of sp³-hybridized carbons (Fsp3) is 0.583. The molecule has 6 nitrogen and oxygen atoms in total. The lowest BCUT2D eigenvalue weighted by atomic mass is 10.3. The predicted octanol–water partition coefficient (Wildman–Crippen LogP) is 0.565. The van der Waals surface area contributed by atoms with Crippen molar-refractivity contribution < 1.29 is 23.9 Å². The van der Waals surface area contributed by atoms with Gasteiger partial charge in [0, 0.05) is 6.54 Å². The SMILES string of the molecule is CCOC(=O)CCN/C=C/C(=O)CC(=O)OCC. The molecule has 18 heavy (non-hydrogen) atoms. The molecule has 0 aromatic rings. The van der Waals surface area contributed by atoms with E-state index >= 15 is 0 Å². The Balaban J connectivity index is 3.66. The maximum atomic E-state index is 11.2. The summed E-state index contributed by atoms with van der Waals surface area (Å²) in [4.78, 5) is 33.1. The molecule has 0 aromatic heterocycles. The van der Waals surface area contributed by atoms with Crippen LogP contribution in [0, 0.1) is 0 Å². The summed E-state index contributed by atoms with van der Waals surface area (Å²) in [7, 11) is 0. The van der Waals surface area contributed by atoms with Crippen LogP contribution < -0.4 is 5.32 Å². The minimum atomic E-state index is -0.543. The molecule has 6 heteroatoms. The summed E-state index contributed by atoms with van der Waals surface area (Å²) in [6.07, 6.45) is 2.59. The zero-order chi connectivity index (χ0) is 13.8. The highest BCUT2D eigenvalue weighted by Gasteiger charge is 2.06. The van der Waals surface area contributed by atoms with E-state index < -0.39 is 5.97 Å². The highest BCUT2D eigenvalue weighted by molar-refractivity contribution is 6.01. The van der Waals surface area contributed by atoms with E-state index in [0.29, 0.717) is 13.2 Å². The Labute approximate surface area is 106 Å². The van der Waals surface area contributed by atoms with Crippen LogP contribution in [0.5, 0.6) is 0 Å². The molecule has 0 heterocycles. The van der Waals surface area contributed by atoms with E-state index in [9.17, 15) is 14.4 Å². The van der Waals surface area contributed by atoms with Gasteiger partial charge in [-0.15, -0.1) is 0 Å². The summed E-state index contributed by atoms with van der Waals surface area (Å²) >= 11 is 0. The number of esters is 2. The van der Waals surface area contributed by atoms with Gasteiger partial charge in [0.1, 0.15) is 6.42 Å². The van der Waals surface area contributed by atoms with E-state index in [1.54, 1.807) is 13.8 Å². The summed E-state index contributed by atoms with van der Waals surface area (Å²) in [5, 5.41) is 2.76.